The van der Waals surface area contributed by atoms with Gasteiger partial charge in [-0.1, -0.05) is 18.2 Å². The fourth-order valence-electron chi connectivity index (χ4n) is 3.74. The largest absolute Gasteiger partial charge is 0.497 e. The Bertz CT molecular complexity index is 881. The first-order valence-electron chi connectivity index (χ1n) is 9.51. The Labute approximate surface area is 170 Å². The molecule has 0 bridgehead atoms. The van der Waals surface area contributed by atoms with Crippen LogP contribution in [0.1, 0.15) is 23.2 Å². The van der Waals surface area contributed by atoms with Crippen LogP contribution in [0.4, 0.5) is 11.4 Å². The van der Waals surface area contributed by atoms with Crippen LogP contribution in [0.5, 0.6) is 5.75 Å². The number of rotatable bonds is 7. The maximum absolute atomic E-state index is 13.3. The minimum atomic E-state index is -1.07. The van der Waals surface area contributed by atoms with Crippen molar-refractivity contribution in [1.82, 2.24) is 4.90 Å². The summed E-state index contributed by atoms with van der Waals surface area (Å²) in [6.45, 7) is 0.726. The van der Waals surface area contributed by atoms with Crippen LogP contribution in [0.2, 0.25) is 0 Å². The molecule has 1 saturated heterocycles. The van der Waals surface area contributed by atoms with Crippen LogP contribution in [0.15, 0.2) is 48.5 Å². The first-order valence-corrected chi connectivity index (χ1v) is 9.51. The van der Waals surface area contributed by atoms with E-state index in [0.29, 0.717) is 36.4 Å². The Morgan fingerprint density at radius 1 is 1.17 bits per heavy atom. The van der Waals surface area contributed by atoms with Crippen molar-refractivity contribution in [3.05, 3.63) is 54.1 Å². The number of carbonyl (C=O) groups excluding carboxylic acids is 1. The molecule has 0 aliphatic carbocycles. The number of benzene rings is 2. The number of carboxylic acid groups (broad SMARTS) is 1. The molecule has 0 aromatic heterocycles. The van der Waals surface area contributed by atoms with Crippen molar-refractivity contribution in [2.45, 2.75) is 12.8 Å². The lowest BCUT2D eigenvalue weighted by Crippen LogP contribution is -2.52. The number of aliphatic carboxylic acids is 1. The number of para-hydroxylation sites is 1. The Hall–Kier alpha value is -3.06. The molecular weight excluding hydrogens is 372 g/mol. The summed E-state index contributed by atoms with van der Waals surface area (Å²) in [5.41, 5.74) is 0.873. The lowest BCUT2D eigenvalue weighted by atomic mass is 9.80. The van der Waals surface area contributed by atoms with E-state index in [4.69, 9.17) is 9.47 Å². The molecule has 154 valence electrons. The lowest BCUT2D eigenvalue weighted by Gasteiger charge is -2.39. The molecule has 7 heteroatoms. The smallest absolute Gasteiger partial charge is 0.313 e. The summed E-state index contributed by atoms with van der Waals surface area (Å²) in [4.78, 5) is 26.8. The van der Waals surface area contributed by atoms with E-state index in [9.17, 15) is 14.7 Å². The molecule has 29 heavy (non-hydrogen) atoms. The summed E-state index contributed by atoms with van der Waals surface area (Å²) in [5.74, 6) is -0.419. The molecule has 3 rings (SSSR count). The van der Waals surface area contributed by atoms with E-state index in [2.05, 4.69) is 5.32 Å². The van der Waals surface area contributed by atoms with Crippen LogP contribution >= 0.6 is 0 Å². The van der Waals surface area contributed by atoms with Crippen molar-refractivity contribution in [3.63, 3.8) is 0 Å². The predicted octanol–water partition coefficient (Wildman–Crippen LogP) is 3.39. The zero-order chi connectivity index (χ0) is 20.9. The Kier molecular flexibility index (Phi) is 6.39. The van der Waals surface area contributed by atoms with E-state index in [1.165, 1.54) is 7.11 Å². The molecule has 2 N–H and O–H groups in total. The van der Waals surface area contributed by atoms with Crippen molar-refractivity contribution >= 4 is 23.3 Å². The number of hydrogen-bond acceptors (Lipinski definition) is 5. The average Bonchev–Trinajstić information content (AvgIpc) is 2.74. The summed E-state index contributed by atoms with van der Waals surface area (Å²) in [6, 6.07) is 14.7. The molecule has 2 aromatic carbocycles. The van der Waals surface area contributed by atoms with E-state index in [-0.39, 0.29) is 19.1 Å². The summed E-state index contributed by atoms with van der Waals surface area (Å²) in [6.07, 6.45) is 1.11. The molecule has 2 aromatic rings. The highest BCUT2D eigenvalue weighted by Crippen LogP contribution is 2.33. The second-order valence-electron chi connectivity index (χ2n) is 7.25. The summed E-state index contributed by atoms with van der Waals surface area (Å²) in [7, 11) is 3.08. The van der Waals surface area contributed by atoms with Crippen LogP contribution in [0.3, 0.4) is 0 Å². The molecule has 1 heterocycles. The van der Waals surface area contributed by atoms with Crippen LogP contribution in [-0.4, -0.2) is 55.8 Å². The van der Waals surface area contributed by atoms with Gasteiger partial charge in [-0.3, -0.25) is 9.59 Å². The van der Waals surface area contributed by atoms with Gasteiger partial charge in [-0.15, -0.1) is 0 Å². The van der Waals surface area contributed by atoms with E-state index in [1.807, 2.05) is 36.4 Å². The van der Waals surface area contributed by atoms with Crippen molar-refractivity contribution in [2.24, 2.45) is 5.41 Å². The maximum Gasteiger partial charge on any atom is 0.313 e. The van der Waals surface area contributed by atoms with E-state index >= 15 is 0 Å². The zero-order valence-corrected chi connectivity index (χ0v) is 16.7. The van der Waals surface area contributed by atoms with Crippen molar-refractivity contribution in [3.8, 4) is 5.75 Å². The standard InChI is InChI=1S/C22H26N2O5/c1-28-15-22(21(26)27)11-6-12-24(14-22)20(25)18-9-3-4-10-19(18)23-16-7-5-8-17(13-16)29-2/h3-5,7-10,13,23H,6,11-12,14-15H2,1-2H3,(H,26,27). The van der Waals surface area contributed by atoms with Crippen LogP contribution in [0, 0.1) is 5.41 Å². The van der Waals surface area contributed by atoms with Gasteiger partial charge in [0.05, 0.1) is 25.0 Å². The van der Waals surface area contributed by atoms with Gasteiger partial charge in [0, 0.05) is 32.0 Å². The van der Waals surface area contributed by atoms with Crippen molar-refractivity contribution in [2.75, 3.05) is 39.2 Å². The Morgan fingerprint density at radius 2 is 1.97 bits per heavy atom. The number of piperidine rings is 1. The number of amides is 1. The first kappa shape index (κ1) is 20.7. The molecule has 0 radical (unpaired) electrons. The van der Waals surface area contributed by atoms with Gasteiger partial charge in [0.15, 0.2) is 0 Å². The van der Waals surface area contributed by atoms with Gasteiger partial charge in [0.25, 0.3) is 5.91 Å². The van der Waals surface area contributed by atoms with Crippen LogP contribution in [0.25, 0.3) is 0 Å². The summed E-state index contributed by atoms with van der Waals surface area (Å²) >= 11 is 0. The van der Waals surface area contributed by atoms with Gasteiger partial charge < -0.3 is 24.8 Å². The number of carbonyl (C=O) groups is 2. The predicted molar refractivity (Wildman–Crippen MR) is 110 cm³/mol. The molecule has 1 aliphatic rings. The van der Waals surface area contributed by atoms with Crippen molar-refractivity contribution < 1.29 is 24.2 Å². The van der Waals surface area contributed by atoms with E-state index in [1.54, 1.807) is 24.1 Å². The fourth-order valence-corrected chi connectivity index (χ4v) is 3.74. The molecule has 1 fully saturated rings. The lowest BCUT2D eigenvalue weighted by molar-refractivity contribution is -0.155. The number of likely N-dealkylation sites (tertiary alicyclic amines) is 1. The molecular formula is C22H26N2O5. The maximum atomic E-state index is 13.3. The van der Waals surface area contributed by atoms with Gasteiger partial charge in [0.2, 0.25) is 0 Å². The Balaban J connectivity index is 1.85. The normalized spacial score (nSPS) is 18.9. The molecule has 1 atom stereocenters. The minimum Gasteiger partial charge on any atom is -0.497 e. The third-order valence-electron chi connectivity index (χ3n) is 5.24. The van der Waals surface area contributed by atoms with Gasteiger partial charge >= 0.3 is 5.97 Å². The van der Waals surface area contributed by atoms with Crippen LogP contribution < -0.4 is 10.1 Å². The Morgan fingerprint density at radius 3 is 2.69 bits per heavy atom. The van der Waals surface area contributed by atoms with Crippen LogP contribution in [-0.2, 0) is 9.53 Å². The number of carboxylic acids is 1. The van der Waals surface area contributed by atoms with Gasteiger partial charge in [0.1, 0.15) is 11.2 Å². The minimum absolute atomic E-state index is 0.0792. The summed E-state index contributed by atoms with van der Waals surface area (Å²) < 4.78 is 10.4. The third-order valence-corrected chi connectivity index (χ3v) is 5.24. The molecule has 0 saturated carbocycles. The topological polar surface area (TPSA) is 88.1 Å². The second-order valence-corrected chi connectivity index (χ2v) is 7.25. The molecule has 0 spiro atoms. The monoisotopic (exact) mass is 398 g/mol. The molecule has 1 amide bonds. The average molecular weight is 398 g/mol. The number of nitrogens with zero attached hydrogens (tertiary/aromatic N) is 1. The molecule has 1 unspecified atom stereocenters. The van der Waals surface area contributed by atoms with E-state index in [0.717, 1.165) is 5.69 Å². The van der Waals surface area contributed by atoms with Gasteiger partial charge in [-0.05, 0) is 37.1 Å². The zero-order valence-electron chi connectivity index (χ0n) is 16.7. The number of nitrogens with one attached hydrogen (secondary N) is 1. The highest BCUT2D eigenvalue weighted by Gasteiger charge is 2.44. The highest BCUT2D eigenvalue weighted by atomic mass is 16.5. The number of hydrogen-bond donors (Lipinski definition) is 2. The number of methoxy groups -OCH3 is 2. The van der Waals surface area contributed by atoms with Gasteiger partial charge in [-0.2, -0.15) is 0 Å². The fraction of sp³-hybridized carbons (Fsp3) is 0.364. The molecule has 7 nitrogen and oxygen atoms in total. The highest BCUT2D eigenvalue weighted by molar-refractivity contribution is 6.00. The third kappa shape index (κ3) is 4.51. The number of ether oxygens (including phenoxy) is 2. The van der Waals surface area contributed by atoms with E-state index < -0.39 is 11.4 Å². The summed E-state index contributed by atoms with van der Waals surface area (Å²) in [5, 5.41) is 13.0. The quantitative estimate of drug-likeness (QED) is 0.743. The van der Waals surface area contributed by atoms with Gasteiger partial charge in [-0.25, -0.2) is 0 Å². The van der Waals surface area contributed by atoms with Crippen molar-refractivity contribution in [1.29, 1.82) is 0 Å². The molecule has 1 aliphatic heterocycles. The second kappa shape index (κ2) is 8.96. The SMILES string of the molecule is COCC1(C(=O)O)CCCN(C(=O)c2ccccc2Nc2cccc(OC)c2)C1. The number of anilines is 2. The first-order chi connectivity index (χ1) is 14.0.